The van der Waals surface area contributed by atoms with E-state index < -0.39 is 20.8 Å². The van der Waals surface area contributed by atoms with E-state index in [1.165, 1.54) is 25.6 Å². The summed E-state index contributed by atoms with van der Waals surface area (Å²) >= 11 is 0. The summed E-state index contributed by atoms with van der Waals surface area (Å²) < 4.78 is 5.25. The van der Waals surface area contributed by atoms with Crippen molar-refractivity contribution in [2.45, 2.75) is 60.1 Å². The van der Waals surface area contributed by atoms with Crippen molar-refractivity contribution in [3.63, 3.8) is 0 Å². The molecular weight excluding hydrogens is 349 g/mol. The lowest BCUT2D eigenvalue weighted by atomic mass is 10.4. The molecule has 0 aromatic heterocycles. The van der Waals surface area contributed by atoms with Crippen LogP contribution in [0.15, 0.2) is 0 Å². The van der Waals surface area contributed by atoms with E-state index in [2.05, 4.69) is 0 Å². The highest BCUT2D eigenvalue weighted by atomic mass is 30.0. The van der Waals surface area contributed by atoms with Crippen molar-refractivity contribution in [1.82, 2.24) is 0 Å². The second kappa shape index (κ2) is 23.2. The normalized spacial score (nSPS) is 15.3. The van der Waals surface area contributed by atoms with Gasteiger partial charge >= 0.3 is 0 Å². The lowest BCUT2D eigenvalue weighted by molar-refractivity contribution is 0.00652. The van der Waals surface area contributed by atoms with Gasteiger partial charge in [-0.05, 0) is 25.9 Å². The van der Waals surface area contributed by atoms with Crippen LogP contribution in [0.5, 0.6) is 0 Å². The molecule has 0 saturated heterocycles. The van der Waals surface area contributed by atoms with Crippen molar-refractivity contribution in [1.29, 1.82) is 0 Å². The summed E-state index contributed by atoms with van der Waals surface area (Å²) in [7, 11) is 2.36. The van der Waals surface area contributed by atoms with Crippen molar-refractivity contribution >= 4 is 44.0 Å². The lowest BCUT2D eigenvalue weighted by Gasteiger charge is -2.24. The Kier molecular flexibility index (Phi) is 33.0. The van der Waals surface area contributed by atoms with Crippen LogP contribution in [0.3, 0.4) is 0 Å². The maximum atomic E-state index is 9.78. The number of aliphatic hydroxyl groups is 2. The van der Waals surface area contributed by atoms with Gasteiger partial charge in [0.2, 0.25) is 0 Å². The Labute approximate surface area is 143 Å². The van der Waals surface area contributed by atoms with Gasteiger partial charge in [-0.3, -0.25) is 0 Å². The minimum absolute atomic E-state index is 0.230. The molecule has 2 atom stereocenters. The van der Waals surface area contributed by atoms with Crippen LogP contribution in [0.4, 0.5) is 0 Å². The van der Waals surface area contributed by atoms with Crippen LogP contribution in [0.25, 0.3) is 0 Å². The number of hydrogen-bond acceptors (Lipinski definition) is 4. The quantitative estimate of drug-likeness (QED) is 0.321. The third kappa shape index (κ3) is 23.3. The van der Waals surface area contributed by atoms with Crippen molar-refractivity contribution in [3.05, 3.63) is 0 Å². The van der Waals surface area contributed by atoms with Gasteiger partial charge < -0.3 is 19.7 Å². The molecule has 0 aromatic carbocycles. The standard InChI is InChI=1S/C6H24O4Si5.3C2H6/c7-4-6(8)5-10-2-1-3-15(12,13)14(9)11;3*1-2/h6-9,14H,1-5H2,11-13H3;3*1-2H3. The molecule has 0 amide bonds. The Bertz CT molecular complexity index is 174. The van der Waals surface area contributed by atoms with E-state index in [0.717, 1.165) is 16.2 Å². The van der Waals surface area contributed by atoms with E-state index in [9.17, 15) is 4.80 Å². The van der Waals surface area contributed by atoms with E-state index in [-0.39, 0.29) is 13.2 Å². The summed E-state index contributed by atoms with van der Waals surface area (Å²) in [5.74, 6) is 0. The first kappa shape index (κ1) is 29.9. The molecule has 3 N–H and O–H groups in total. The van der Waals surface area contributed by atoms with E-state index in [4.69, 9.17) is 14.9 Å². The molecule has 0 aliphatic heterocycles. The number of hydrogen-bond donors (Lipinski definition) is 3. The summed E-state index contributed by atoms with van der Waals surface area (Å²) in [5, 5.41) is 17.6. The molecule has 9 heteroatoms. The Morgan fingerprint density at radius 2 is 1.52 bits per heavy atom. The summed E-state index contributed by atoms with van der Waals surface area (Å²) in [6, 6.07) is 1.23. The first-order valence-corrected chi connectivity index (χ1v) is 24.6. The Balaban J connectivity index is -0.000000212. The summed E-state index contributed by atoms with van der Waals surface area (Å²) in [6.07, 6.45) is 0.293. The Morgan fingerprint density at radius 3 is 1.86 bits per heavy atom. The van der Waals surface area contributed by atoms with Gasteiger partial charge in [-0.25, -0.2) is 0 Å². The monoisotopic (exact) mass is 390 g/mol. The van der Waals surface area contributed by atoms with Crippen LogP contribution in [-0.2, 0) is 4.74 Å². The van der Waals surface area contributed by atoms with Gasteiger partial charge in [0.25, 0.3) is 0 Å². The Morgan fingerprint density at radius 1 is 1.10 bits per heavy atom. The van der Waals surface area contributed by atoms with Crippen molar-refractivity contribution < 1.29 is 19.7 Å². The van der Waals surface area contributed by atoms with Gasteiger partial charge in [-0.2, -0.15) is 0 Å². The van der Waals surface area contributed by atoms with Gasteiger partial charge in [0.1, 0.15) is 14.2 Å². The molecule has 0 spiro atoms. The molecule has 0 rings (SSSR count). The topological polar surface area (TPSA) is 69.9 Å². The zero-order valence-electron chi connectivity index (χ0n) is 15.9. The zero-order valence-corrected chi connectivity index (χ0v) is 24.1. The molecule has 0 aliphatic carbocycles. The van der Waals surface area contributed by atoms with E-state index in [0.29, 0.717) is 6.61 Å². The highest BCUT2D eigenvalue weighted by Gasteiger charge is 2.27. The highest BCUT2D eigenvalue weighted by Crippen LogP contribution is 2.05. The van der Waals surface area contributed by atoms with Gasteiger partial charge in [0, 0.05) is 23.0 Å². The smallest absolute Gasteiger partial charge is 0.133 e. The van der Waals surface area contributed by atoms with Gasteiger partial charge in [0.05, 0.1) is 13.2 Å². The molecule has 0 aromatic rings. The predicted octanol–water partition coefficient (Wildman–Crippen LogP) is -2.35. The van der Waals surface area contributed by atoms with Crippen molar-refractivity contribution in [2.24, 2.45) is 0 Å². The van der Waals surface area contributed by atoms with Crippen LogP contribution in [0.1, 0.15) is 48.0 Å². The average molecular weight is 391 g/mol. The lowest BCUT2D eigenvalue weighted by Crippen LogP contribution is -2.54. The predicted molar refractivity (Wildman–Crippen MR) is 112 cm³/mol. The first-order valence-electron chi connectivity index (χ1n) is 8.45. The number of aliphatic hydroxyl groups excluding tert-OH is 2. The Hall–Kier alpha value is 0.924. The van der Waals surface area contributed by atoms with E-state index in [1.807, 2.05) is 41.5 Å². The number of ether oxygens (including phenoxy) is 1. The molecule has 2 unspecified atom stereocenters. The van der Waals surface area contributed by atoms with Gasteiger partial charge in [-0.15, -0.1) is 0 Å². The highest BCUT2D eigenvalue weighted by molar-refractivity contribution is 7.73. The van der Waals surface area contributed by atoms with Crippen LogP contribution in [0, 0.1) is 0 Å². The van der Waals surface area contributed by atoms with Crippen molar-refractivity contribution in [3.8, 4) is 0 Å². The fourth-order valence-electron chi connectivity index (χ4n) is 1.11. The summed E-state index contributed by atoms with van der Waals surface area (Å²) in [6.45, 7) is 11.6. The number of rotatable bonds is 8. The largest absolute Gasteiger partial charge is 0.442 e. The van der Waals surface area contributed by atoms with Gasteiger partial charge in [-0.1, -0.05) is 47.6 Å². The molecule has 134 valence electrons. The summed E-state index contributed by atoms with van der Waals surface area (Å²) in [5.41, 5.74) is 0. The second-order valence-corrected chi connectivity index (χ2v) is 51.1. The fourth-order valence-corrected chi connectivity index (χ4v) is 9.17. The van der Waals surface area contributed by atoms with Crippen molar-refractivity contribution in [2.75, 3.05) is 19.8 Å². The first-order chi connectivity index (χ1) is 9.90. The van der Waals surface area contributed by atoms with Crippen LogP contribution < -0.4 is 0 Å². The minimum atomic E-state index is -1.20. The molecular formula is C12H42O4Si5. The molecule has 4 nitrogen and oxygen atoms in total. The minimum Gasteiger partial charge on any atom is -0.442 e. The fraction of sp³-hybridized carbons (Fsp3) is 1.00. The SMILES string of the molecule is CC.CC.CC.OCC(O)COCCC[Si]([SiH3])([SiH3])[SiH](O)[SiH3]. The molecule has 0 bridgehead atoms. The van der Waals surface area contributed by atoms with Crippen LogP contribution >= 0.6 is 0 Å². The van der Waals surface area contributed by atoms with Crippen LogP contribution in [-0.4, -0.2) is 84.9 Å². The van der Waals surface area contributed by atoms with E-state index in [1.54, 1.807) is 0 Å². The molecule has 0 radical (unpaired) electrons. The third-order valence-electron chi connectivity index (χ3n) is 2.76. The molecule has 0 fully saturated rings. The second-order valence-electron chi connectivity index (χ2n) is 4.68. The van der Waals surface area contributed by atoms with Gasteiger partial charge in [0.15, 0.2) is 0 Å². The average Bonchev–Trinajstić information content (AvgIpc) is 2.52. The molecule has 21 heavy (non-hydrogen) atoms. The third-order valence-corrected chi connectivity index (χ3v) is 67.2. The molecule has 0 aliphatic rings. The van der Waals surface area contributed by atoms with E-state index >= 15 is 0 Å². The van der Waals surface area contributed by atoms with Crippen LogP contribution in [0.2, 0.25) is 6.04 Å². The maximum Gasteiger partial charge on any atom is 0.133 e. The maximum absolute atomic E-state index is 9.78. The zero-order chi connectivity index (χ0) is 17.9. The summed E-state index contributed by atoms with van der Waals surface area (Å²) in [4.78, 5) is 9.78. The molecule has 0 heterocycles. The molecule has 0 saturated carbocycles.